The number of rotatable bonds is 7. The van der Waals surface area contributed by atoms with Crippen molar-refractivity contribution in [3.8, 4) is 0 Å². The summed E-state index contributed by atoms with van der Waals surface area (Å²) >= 11 is 0. The molecule has 0 aromatic carbocycles. The standard InChI is InChI=1S/C12H18O2/c1-2-3-4-5-6-7-8-9-10-11-12(13)14/h3-4,6-7,9-10H,2,5,8,11H2,1H3,(H,13,14)/b4-3-,7-6-,10-9-/i8D2. The van der Waals surface area contributed by atoms with E-state index in [9.17, 15) is 4.79 Å². The lowest BCUT2D eigenvalue weighted by atomic mass is 10.2. The number of carboxylic acids is 1. The molecular formula is C12H18O2. The van der Waals surface area contributed by atoms with Crippen molar-refractivity contribution in [3.05, 3.63) is 36.5 Å². The van der Waals surface area contributed by atoms with Crippen LogP contribution in [0.3, 0.4) is 0 Å². The summed E-state index contributed by atoms with van der Waals surface area (Å²) in [5.74, 6) is -0.957. The predicted octanol–water partition coefficient (Wildman–Crippen LogP) is 3.32. The molecule has 0 aliphatic heterocycles. The Balaban J connectivity index is 4.07. The summed E-state index contributed by atoms with van der Waals surface area (Å²) in [6.45, 7) is 2.04. The van der Waals surface area contributed by atoms with E-state index in [2.05, 4.69) is 0 Å². The van der Waals surface area contributed by atoms with Crippen LogP contribution in [0.1, 0.15) is 35.3 Å². The second-order valence-corrected chi connectivity index (χ2v) is 2.68. The smallest absolute Gasteiger partial charge is 0.307 e. The normalized spacial score (nSPS) is 15.2. The van der Waals surface area contributed by atoms with E-state index in [0.29, 0.717) is 6.42 Å². The fourth-order valence-corrected chi connectivity index (χ4v) is 0.761. The van der Waals surface area contributed by atoms with Crippen LogP contribution in [0.4, 0.5) is 0 Å². The molecule has 0 aliphatic carbocycles. The summed E-state index contributed by atoms with van der Waals surface area (Å²) in [6, 6.07) is 0. The van der Waals surface area contributed by atoms with Crippen LogP contribution in [0.5, 0.6) is 0 Å². The molecule has 0 aromatic heterocycles. The second-order valence-electron chi connectivity index (χ2n) is 2.68. The molecule has 0 bridgehead atoms. The number of carboxylic acid groups (broad SMARTS) is 1. The zero-order valence-corrected chi connectivity index (χ0v) is 8.44. The van der Waals surface area contributed by atoms with Crippen molar-refractivity contribution in [2.45, 2.75) is 32.6 Å². The Morgan fingerprint density at radius 1 is 1.21 bits per heavy atom. The van der Waals surface area contributed by atoms with Gasteiger partial charge in [0.15, 0.2) is 0 Å². The SMILES string of the molecule is [2H]C([2H])(/C=C\C/C=C\CC)/C=C\CC(=O)O. The van der Waals surface area contributed by atoms with Crippen LogP contribution in [0.15, 0.2) is 36.5 Å². The van der Waals surface area contributed by atoms with Gasteiger partial charge in [-0.1, -0.05) is 43.4 Å². The van der Waals surface area contributed by atoms with Crippen LogP contribution in [-0.2, 0) is 4.79 Å². The molecule has 0 radical (unpaired) electrons. The van der Waals surface area contributed by atoms with Crippen molar-refractivity contribution in [1.29, 1.82) is 0 Å². The van der Waals surface area contributed by atoms with Crippen LogP contribution in [0, 0.1) is 0 Å². The number of carbonyl (C=O) groups is 1. The molecule has 14 heavy (non-hydrogen) atoms. The minimum atomic E-state index is -1.57. The maximum absolute atomic E-state index is 10.2. The van der Waals surface area contributed by atoms with Crippen molar-refractivity contribution in [2.24, 2.45) is 0 Å². The van der Waals surface area contributed by atoms with Gasteiger partial charge in [0.05, 0.1) is 6.42 Å². The van der Waals surface area contributed by atoms with E-state index >= 15 is 0 Å². The van der Waals surface area contributed by atoms with Gasteiger partial charge in [0.25, 0.3) is 0 Å². The highest BCUT2D eigenvalue weighted by atomic mass is 16.4. The Bertz CT molecular complexity index is 291. The average Bonchev–Trinajstić information content (AvgIpc) is 2.16. The van der Waals surface area contributed by atoms with Crippen molar-refractivity contribution in [3.63, 3.8) is 0 Å². The third kappa shape index (κ3) is 10.7. The van der Waals surface area contributed by atoms with Gasteiger partial charge in [-0.05, 0) is 19.2 Å². The minimum Gasteiger partial charge on any atom is -0.481 e. The molecule has 0 saturated heterocycles. The van der Waals surface area contributed by atoms with Crippen LogP contribution in [0.25, 0.3) is 0 Å². The molecule has 0 saturated carbocycles. The molecular weight excluding hydrogens is 176 g/mol. The molecule has 0 amide bonds. The van der Waals surface area contributed by atoms with Gasteiger partial charge in [-0.25, -0.2) is 0 Å². The van der Waals surface area contributed by atoms with Crippen molar-refractivity contribution in [1.82, 2.24) is 0 Å². The molecule has 0 fully saturated rings. The number of aliphatic carboxylic acids is 1. The summed E-state index contributed by atoms with van der Waals surface area (Å²) in [4.78, 5) is 10.2. The molecule has 0 spiro atoms. The maximum Gasteiger partial charge on any atom is 0.307 e. The average molecular weight is 196 g/mol. The number of hydrogen-bond acceptors (Lipinski definition) is 1. The van der Waals surface area contributed by atoms with E-state index in [1.54, 1.807) is 6.08 Å². The summed E-state index contributed by atoms with van der Waals surface area (Å²) in [7, 11) is 0. The number of hydrogen-bond donors (Lipinski definition) is 1. The molecule has 78 valence electrons. The monoisotopic (exact) mass is 196 g/mol. The first-order chi connectivity index (χ1) is 7.48. The van der Waals surface area contributed by atoms with Crippen LogP contribution >= 0.6 is 0 Å². The largest absolute Gasteiger partial charge is 0.481 e. The molecule has 0 aromatic rings. The Hall–Kier alpha value is -1.31. The van der Waals surface area contributed by atoms with Gasteiger partial charge in [0, 0.05) is 2.74 Å². The highest BCUT2D eigenvalue weighted by molar-refractivity contribution is 5.68. The van der Waals surface area contributed by atoms with Crippen LogP contribution in [0.2, 0.25) is 0 Å². The lowest BCUT2D eigenvalue weighted by Gasteiger charge is -1.84. The van der Waals surface area contributed by atoms with E-state index in [0.717, 1.165) is 6.42 Å². The van der Waals surface area contributed by atoms with Crippen molar-refractivity contribution >= 4 is 5.97 Å². The second kappa shape index (κ2) is 9.78. The maximum atomic E-state index is 10.2. The Kier molecular flexibility index (Phi) is 6.46. The summed E-state index contributed by atoms with van der Waals surface area (Å²) < 4.78 is 15.1. The predicted molar refractivity (Wildman–Crippen MR) is 59.2 cm³/mol. The first-order valence-corrected chi connectivity index (χ1v) is 4.70. The third-order valence-electron chi connectivity index (χ3n) is 1.40. The van der Waals surface area contributed by atoms with Gasteiger partial charge < -0.3 is 5.11 Å². The fraction of sp³-hybridized carbons (Fsp3) is 0.417. The third-order valence-corrected chi connectivity index (χ3v) is 1.40. The van der Waals surface area contributed by atoms with Gasteiger partial charge in [-0.15, -0.1) is 0 Å². The molecule has 0 rings (SSSR count). The molecule has 1 N–H and O–H groups in total. The van der Waals surface area contributed by atoms with Crippen molar-refractivity contribution in [2.75, 3.05) is 0 Å². The molecule has 2 heteroatoms. The van der Waals surface area contributed by atoms with Gasteiger partial charge in [0.1, 0.15) is 0 Å². The van der Waals surface area contributed by atoms with E-state index < -0.39 is 12.3 Å². The molecule has 2 nitrogen and oxygen atoms in total. The molecule has 0 unspecified atom stereocenters. The lowest BCUT2D eigenvalue weighted by molar-refractivity contribution is -0.136. The van der Waals surface area contributed by atoms with Gasteiger partial charge in [-0.2, -0.15) is 0 Å². The molecule has 0 aliphatic rings. The highest BCUT2D eigenvalue weighted by Crippen LogP contribution is 1.93. The molecule has 0 atom stereocenters. The van der Waals surface area contributed by atoms with Crippen LogP contribution < -0.4 is 0 Å². The van der Waals surface area contributed by atoms with E-state index in [1.807, 2.05) is 19.1 Å². The van der Waals surface area contributed by atoms with Crippen LogP contribution in [-0.4, -0.2) is 11.1 Å². The van der Waals surface area contributed by atoms with Gasteiger partial charge in [-0.3, -0.25) is 4.79 Å². The quantitative estimate of drug-likeness (QED) is 0.634. The summed E-state index contributed by atoms with van der Waals surface area (Å²) in [6.07, 6.45) is 9.68. The van der Waals surface area contributed by atoms with Gasteiger partial charge >= 0.3 is 5.97 Å². The zero-order valence-electron chi connectivity index (χ0n) is 10.4. The first kappa shape index (κ1) is 9.25. The fourth-order valence-electron chi connectivity index (χ4n) is 0.761. The highest BCUT2D eigenvalue weighted by Gasteiger charge is 1.86. The Labute approximate surface area is 88.5 Å². The van der Waals surface area contributed by atoms with E-state index in [4.69, 9.17) is 7.85 Å². The zero-order chi connectivity index (χ0) is 12.4. The topological polar surface area (TPSA) is 37.3 Å². The first-order valence-electron chi connectivity index (χ1n) is 5.70. The molecule has 0 heterocycles. The van der Waals surface area contributed by atoms with Crippen molar-refractivity contribution < 1.29 is 12.6 Å². The summed E-state index contributed by atoms with van der Waals surface area (Å²) in [5, 5.41) is 8.38. The van der Waals surface area contributed by atoms with E-state index in [1.165, 1.54) is 18.2 Å². The van der Waals surface area contributed by atoms with E-state index in [-0.39, 0.29) is 6.42 Å². The lowest BCUT2D eigenvalue weighted by Crippen LogP contribution is -1.89. The number of allylic oxidation sites excluding steroid dienone is 5. The Morgan fingerprint density at radius 2 is 1.86 bits per heavy atom. The van der Waals surface area contributed by atoms with Gasteiger partial charge in [0.2, 0.25) is 0 Å². The summed E-state index contributed by atoms with van der Waals surface area (Å²) in [5.41, 5.74) is 0. The Morgan fingerprint density at radius 3 is 2.50 bits per heavy atom. The minimum absolute atomic E-state index is 0.150.